The molecule has 2 heterocycles. The lowest BCUT2D eigenvalue weighted by Crippen LogP contribution is -2.39. The van der Waals surface area contributed by atoms with Gasteiger partial charge in [0.15, 0.2) is 11.2 Å². The molecule has 0 atom stereocenters. The summed E-state index contributed by atoms with van der Waals surface area (Å²) in [6.45, 7) is 0.285. The third kappa shape index (κ3) is 4.63. The molecule has 4 rings (SSSR count). The van der Waals surface area contributed by atoms with Crippen molar-refractivity contribution in [2.45, 2.75) is 6.54 Å². The van der Waals surface area contributed by atoms with Crippen LogP contribution in [0.5, 0.6) is 0 Å². The molecule has 0 saturated carbocycles. The first-order valence-corrected chi connectivity index (χ1v) is 10.2. The number of pyridine rings is 1. The summed E-state index contributed by atoms with van der Waals surface area (Å²) in [4.78, 5) is 17.4. The summed E-state index contributed by atoms with van der Waals surface area (Å²) in [7, 11) is 0. The van der Waals surface area contributed by atoms with Gasteiger partial charge in [-0.15, -0.1) is 28.3 Å². The van der Waals surface area contributed by atoms with Crippen LogP contribution in [-0.2, 0) is 6.54 Å². The summed E-state index contributed by atoms with van der Waals surface area (Å²) in [5, 5.41) is 2.95. The molecule has 6 heteroatoms. The Kier molecular flexibility index (Phi) is 6.88. The average Bonchev–Trinajstić information content (AvgIpc) is 3.19. The van der Waals surface area contributed by atoms with Crippen molar-refractivity contribution in [3.63, 3.8) is 0 Å². The highest BCUT2D eigenvalue weighted by Crippen LogP contribution is 2.28. The third-order valence-corrected chi connectivity index (χ3v) is 5.61. The highest BCUT2D eigenvalue weighted by atomic mass is 79.9. The summed E-state index contributed by atoms with van der Waals surface area (Å²) >= 11 is 5.04. The zero-order chi connectivity index (χ0) is 18.6. The second-order valence-electron chi connectivity index (χ2n) is 6.05. The van der Waals surface area contributed by atoms with Crippen molar-refractivity contribution in [2.75, 3.05) is 0 Å². The van der Waals surface area contributed by atoms with E-state index in [0.29, 0.717) is 0 Å². The van der Waals surface area contributed by atoms with Crippen molar-refractivity contribution in [3.05, 3.63) is 94.4 Å². The minimum absolute atomic E-state index is 0. The van der Waals surface area contributed by atoms with Gasteiger partial charge in [-0.3, -0.25) is 4.79 Å². The lowest BCUT2D eigenvalue weighted by molar-refractivity contribution is -0.672. The van der Waals surface area contributed by atoms with Crippen molar-refractivity contribution in [3.8, 4) is 22.0 Å². The molecule has 3 nitrogen and oxygen atoms in total. The molecule has 0 spiro atoms. The van der Waals surface area contributed by atoms with E-state index in [-0.39, 0.29) is 29.3 Å². The van der Waals surface area contributed by atoms with Crippen molar-refractivity contribution >= 4 is 50.0 Å². The molecule has 2 aromatic heterocycles. The van der Waals surface area contributed by atoms with Crippen LogP contribution in [0.2, 0.25) is 0 Å². The molecule has 28 heavy (non-hydrogen) atoms. The fourth-order valence-corrected chi connectivity index (χ4v) is 3.96. The number of halogens is 2. The van der Waals surface area contributed by atoms with Crippen LogP contribution in [0.1, 0.15) is 10.4 Å². The smallest absolute Gasteiger partial charge is 0.241 e. The number of aromatic nitrogens is 2. The molecule has 140 valence electrons. The van der Waals surface area contributed by atoms with E-state index < -0.39 is 0 Å². The van der Waals surface area contributed by atoms with Gasteiger partial charge in [-0.05, 0) is 18.2 Å². The third-order valence-electron chi connectivity index (χ3n) is 4.21. The summed E-state index contributed by atoms with van der Waals surface area (Å²) in [5.41, 5.74) is 3.67. The topological polar surface area (TPSA) is 33.8 Å². The first-order chi connectivity index (χ1) is 13.2. The standard InChI is InChI=1S/C22H16BrN2OS.BrH/c23-18-11-9-16(10-12-18)19-15-27-22(24-19)20-8-4-5-13-25(20)14-21(26)17-6-2-1-3-7-17;/h1-13,15H,14H2;1H/q+1;. The number of benzene rings is 2. The van der Waals surface area contributed by atoms with Crippen LogP contribution in [-0.4, -0.2) is 10.8 Å². The summed E-state index contributed by atoms with van der Waals surface area (Å²) in [5.74, 6) is 0.0812. The maximum absolute atomic E-state index is 12.6. The Morgan fingerprint density at radius 2 is 1.68 bits per heavy atom. The second kappa shape index (κ2) is 9.37. The number of carbonyl (C=O) groups excluding carboxylic acids is 1. The number of thiazole rings is 1. The van der Waals surface area contributed by atoms with E-state index in [2.05, 4.69) is 21.3 Å². The Balaban J connectivity index is 0.00000225. The summed E-state index contributed by atoms with van der Waals surface area (Å²) in [6, 6.07) is 23.4. The minimum Gasteiger partial charge on any atom is -0.287 e. The second-order valence-corrected chi connectivity index (χ2v) is 7.82. The predicted molar refractivity (Wildman–Crippen MR) is 122 cm³/mol. The molecule has 0 aliphatic rings. The maximum atomic E-state index is 12.6. The molecule has 0 aliphatic carbocycles. The van der Waals surface area contributed by atoms with E-state index in [9.17, 15) is 4.79 Å². The lowest BCUT2D eigenvalue weighted by Gasteiger charge is -2.02. The Morgan fingerprint density at radius 1 is 0.964 bits per heavy atom. The van der Waals surface area contributed by atoms with Crippen LogP contribution in [0.25, 0.3) is 22.0 Å². The van der Waals surface area contributed by atoms with Gasteiger partial charge in [0.2, 0.25) is 18.0 Å². The van der Waals surface area contributed by atoms with Gasteiger partial charge in [0.25, 0.3) is 0 Å². The van der Waals surface area contributed by atoms with Crippen molar-refractivity contribution in [1.82, 2.24) is 4.98 Å². The fourth-order valence-electron chi connectivity index (χ4n) is 2.82. The number of carbonyl (C=O) groups is 1. The van der Waals surface area contributed by atoms with E-state index >= 15 is 0 Å². The van der Waals surface area contributed by atoms with E-state index in [1.807, 2.05) is 83.6 Å². The molecule has 0 bridgehead atoms. The molecule has 4 aromatic rings. The highest BCUT2D eigenvalue weighted by molar-refractivity contribution is 9.10. The van der Waals surface area contributed by atoms with Crippen LogP contribution >= 0.6 is 44.2 Å². The zero-order valence-corrected chi connectivity index (χ0v) is 18.9. The normalized spacial score (nSPS) is 10.3. The van der Waals surface area contributed by atoms with Crippen molar-refractivity contribution in [1.29, 1.82) is 0 Å². The molecular weight excluding hydrogens is 500 g/mol. The molecule has 0 fully saturated rings. The van der Waals surface area contributed by atoms with Gasteiger partial charge >= 0.3 is 0 Å². The van der Waals surface area contributed by atoms with Gasteiger partial charge in [0.05, 0.1) is 5.69 Å². The number of hydrogen-bond donors (Lipinski definition) is 0. The monoisotopic (exact) mass is 515 g/mol. The van der Waals surface area contributed by atoms with Gasteiger partial charge in [0, 0.05) is 33.1 Å². The Labute approximate surface area is 186 Å². The predicted octanol–water partition coefficient (Wildman–Crippen LogP) is 5.99. The maximum Gasteiger partial charge on any atom is 0.241 e. The largest absolute Gasteiger partial charge is 0.287 e. The number of hydrogen-bond acceptors (Lipinski definition) is 3. The minimum atomic E-state index is 0. The first-order valence-electron chi connectivity index (χ1n) is 8.49. The summed E-state index contributed by atoms with van der Waals surface area (Å²) < 4.78 is 3.00. The van der Waals surface area contributed by atoms with E-state index in [1.54, 1.807) is 11.3 Å². The van der Waals surface area contributed by atoms with Crippen LogP contribution in [0, 0.1) is 0 Å². The quantitative estimate of drug-likeness (QED) is 0.241. The first kappa shape index (κ1) is 20.6. The Hall–Kier alpha value is -2.15. The van der Waals surface area contributed by atoms with E-state index in [4.69, 9.17) is 4.98 Å². The SMILES string of the molecule is Br.O=C(C[n+]1ccccc1-c1nc(-c2ccc(Br)cc2)cs1)c1ccccc1. The van der Waals surface area contributed by atoms with Crippen molar-refractivity contribution < 1.29 is 9.36 Å². The van der Waals surface area contributed by atoms with Gasteiger partial charge < -0.3 is 0 Å². The van der Waals surface area contributed by atoms with Gasteiger partial charge in [-0.2, -0.15) is 4.57 Å². The molecule has 0 amide bonds. The highest BCUT2D eigenvalue weighted by Gasteiger charge is 2.20. The van der Waals surface area contributed by atoms with Gasteiger partial charge in [-0.1, -0.05) is 58.4 Å². The number of ketones is 1. The van der Waals surface area contributed by atoms with E-state index in [1.165, 1.54) is 0 Å². The van der Waals surface area contributed by atoms with Crippen molar-refractivity contribution in [2.24, 2.45) is 0 Å². The number of rotatable bonds is 5. The van der Waals surface area contributed by atoms with Crippen LogP contribution in [0.3, 0.4) is 0 Å². The molecule has 0 radical (unpaired) electrons. The van der Waals surface area contributed by atoms with E-state index in [0.717, 1.165) is 32.0 Å². The molecule has 0 saturated heterocycles. The molecule has 0 aliphatic heterocycles. The fraction of sp³-hybridized carbons (Fsp3) is 0.0455. The molecule has 2 aromatic carbocycles. The van der Waals surface area contributed by atoms with Crippen LogP contribution in [0.15, 0.2) is 88.8 Å². The van der Waals surface area contributed by atoms with Gasteiger partial charge in [-0.25, -0.2) is 4.98 Å². The molecule has 0 N–H and O–H groups in total. The van der Waals surface area contributed by atoms with Crippen LogP contribution < -0.4 is 4.57 Å². The lowest BCUT2D eigenvalue weighted by atomic mass is 10.1. The number of Topliss-reactive ketones (excluding diaryl/α,β-unsaturated/α-hetero) is 1. The Morgan fingerprint density at radius 3 is 2.43 bits per heavy atom. The zero-order valence-electron chi connectivity index (χ0n) is 14.8. The van der Waals surface area contributed by atoms with Crippen LogP contribution in [0.4, 0.5) is 0 Å². The van der Waals surface area contributed by atoms with Gasteiger partial charge in [0.1, 0.15) is 0 Å². The Bertz CT molecular complexity index is 1080. The molecular formula is C22H17Br2N2OS+. The molecule has 0 unspecified atom stereocenters. The average molecular weight is 517 g/mol. The number of nitrogens with zero attached hydrogens (tertiary/aromatic N) is 2. The summed E-state index contributed by atoms with van der Waals surface area (Å²) in [6.07, 6.45) is 1.93.